The van der Waals surface area contributed by atoms with Crippen LogP contribution in [0, 0.1) is 0 Å². The third-order valence-corrected chi connectivity index (χ3v) is 3.80. The zero-order valence-electron chi connectivity index (χ0n) is 10.0. The lowest BCUT2D eigenvalue weighted by molar-refractivity contribution is 0.139. The topological polar surface area (TPSA) is 50.5 Å². The highest BCUT2D eigenvalue weighted by Gasteiger charge is 2.26. The van der Waals surface area contributed by atoms with E-state index in [4.69, 9.17) is 4.74 Å². The zero-order valence-corrected chi connectivity index (χ0v) is 10.0. The van der Waals surface area contributed by atoms with Crippen molar-refractivity contribution in [1.29, 1.82) is 0 Å². The average molecular weight is 237 g/mol. The summed E-state index contributed by atoms with van der Waals surface area (Å²) in [6, 6.07) is 0.544. The number of rotatable bonds is 2. The Hall–Kier alpha value is -0.910. The summed E-state index contributed by atoms with van der Waals surface area (Å²) in [7, 11) is 0. The number of imidazole rings is 1. The van der Waals surface area contributed by atoms with E-state index in [-0.39, 0.29) is 6.61 Å². The summed E-state index contributed by atoms with van der Waals surface area (Å²) in [6.45, 7) is 4.78. The SMILES string of the molecule is OCc1ncn2c1CN(C1CCOC1)CCC2. The Labute approximate surface area is 101 Å². The maximum absolute atomic E-state index is 9.31. The van der Waals surface area contributed by atoms with Crippen molar-refractivity contribution in [3.8, 4) is 0 Å². The van der Waals surface area contributed by atoms with Crippen molar-refractivity contribution >= 4 is 0 Å². The lowest BCUT2D eigenvalue weighted by Crippen LogP contribution is -2.35. The summed E-state index contributed by atoms with van der Waals surface area (Å²) in [5.41, 5.74) is 2.01. The van der Waals surface area contributed by atoms with Gasteiger partial charge in [-0.25, -0.2) is 4.98 Å². The molecule has 0 radical (unpaired) electrons. The van der Waals surface area contributed by atoms with Crippen LogP contribution in [0.1, 0.15) is 24.2 Å². The Kier molecular flexibility index (Phi) is 3.13. The second-order valence-electron chi connectivity index (χ2n) is 4.83. The van der Waals surface area contributed by atoms with E-state index in [1.54, 1.807) is 0 Å². The van der Waals surface area contributed by atoms with Gasteiger partial charge in [0.05, 0.1) is 30.9 Å². The van der Waals surface area contributed by atoms with Gasteiger partial charge in [0.15, 0.2) is 0 Å². The molecule has 94 valence electrons. The number of aromatic nitrogens is 2. The molecular formula is C12H19N3O2. The van der Waals surface area contributed by atoms with Crippen LogP contribution in [-0.2, 0) is 24.4 Å². The van der Waals surface area contributed by atoms with Crippen LogP contribution in [0.2, 0.25) is 0 Å². The number of aliphatic hydroxyl groups is 1. The molecule has 1 unspecified atom stereocenters. The molecule has 1 aromatic heterocycles. The Morgan fingerprint density at radius 1 is 1.47 bits per heavy atom. The highest BCUT2D eigenvalue weighted by atomic mass is 16.5. The third kappa shape index (κ3) is 2.10. The maximum atomic E-state index is 9.31. The number of aryl methyl sites for hydroxylation is 1. The van der Waals surface area contributed by atoms with Gasteiger partial charge in [-0.05, 0) is 12.8 Å². The zero-order chi connectivity index (χ0) is 11.7. The minimum atomic E-state index is 0.0390. The molecule has 0 aliphatic carbocycles. The van der Waals surface area contributed by atoms with Crippen molar-refractivity contribution in [1.82, 2.24) is 14.5 Å². The van der Waals surface area contributed by atoms with E-state index in [1.165, 1.54) is 5.69 Å². The molecule has 0 aromatic carbocycles. The Morgan fingerprint density at radius 2 is 2.41 bits per heavy atom. The molecule has 1 atom stereocenters. The number of aliphatic hydroxyl groups excluding tert-OH is 1. The molecule has 0 amide bonds. The smallest absolute Gasteiger partial charge is 0.0953 e. The van der Waals surface area contributed by atoms with Crippen LogP contribution in [0.3, 0.4) is 0 Å². The van der Waals surface area contributed by atoms with Gasteiger partial charge < -0.3 is 14.4 Å². The van der Waals surface area contributed by atoms with Crippen molar-refractivity contribution in [3.05, 3.63) is 17.7 Å². The van der Waals surface area contributed by atoms with Crippen LogP contribution in [0.5, 0.6) is 0 Å². The van der Waals surface area contributed by atoms with Gasteiger partial charge in [0.2, 0.25) is 0 Å². The van der Waals surface area contributed by atoms with E-state index in [1.807, 2.05) is 6.33 Å². The van der Waals surface area contributed by atoms with Gasteiger partial charge in [-0.2, -0.15) is 0 Å². The van der Waals surface area contributed by atoms with Gasteiger partial charge in [0.25, 0.3) is 0 Å². The van der Waals surface area contributed by atoms with Crippen LogP contribution in [0.15, 0.2) is 6.33 Å². The molecule has 1 fully saturated rings. The standard InChI is InChI=1S/C12H19N3O2/c16-7-11-12-6-14(10-2-5-17-8-10)3-1-4-15(12)9-13-11/h9-10,16H,1-8H2. The van der Waals surface area contributed by atoms with E-state index >= 15 is 0 Å². The van der Waals surface area contributed by atoms with Crippen molar-refractivity contribution in [2.45, 2.75) is 38.6 Å². The lowest BCUT2D eigenvalue weighted by Gasteiger charge is -2.25. The number of ether oxygens (including phenoxy) is 1. The van der Waals surface area contributed by atoms with Gasteiger partial charge in [-0.3, -0.25) is 4.90 Å². The highest BCUT2D eigenvalue weighted by molar-refractivity contribution is 5.13. The predicted octanol–water partition coefficient (Wildman–Crippen LogP) is 0.370. The van der Waals surface area contributed by atoms with Crippen molar-refractivity contribution in [3.63, 3.8) is 0 Å². The Bertz CT molecular complexity index is 385. The largest absolute Gasteiger partial charge is 0.390 e. The molecule has 0 spiro atoms. The summed E-state index contributed by atoms with van der Waals surface area (Å²) in [6.07, 6.45) is 4.13. The second-order valence-corrected chi connectivity index (χ2v) is 4.83. The van der Waals surface area contributed by atoms with Gasteiger partial charge >= 0.3 is 0 Å². The van der Waals surface area contributed by atoms with E-state index in [0.717, 1.165) is 51.4 Å². The first-order valence-electron chi connectivity index (χ1n) is 6.34. The number of nitrogens with zero attached hydrogens (tertiary/aromatic N) is 3. The van der Waals surface area contributed by atoms with Crippen LogP contribution >= 0.6 is 0 Å². The summed E-state index contributed by atoms with van der Waals surface area (Å²) in [5, 5.41) is 9.31. The van der Waals surface area contributed by atoms with Crippen LogP contribution < -0.4 is 0 Å². The summed E-state index contributed by atoms with van der Waals surface area (Å²) < 4.78 is 7.65. The number of hydrogen-bond acceptors (Lipinski definition) is 4. The summed E-state index contributed by atoms with van der Waals surface area (Å²) in [4.78, 5) is 6.75. The molecule has 3 heterocycles. The van der Waals surface area contributed by atoms with Crippen LogP contribution in [-0.4, -0.2) is 45.4 Å². The molecule has 0 saturated carbocycles. The Balaban J connectivity index is 1.81. The highest BCUT2D eigenvalue weighted by Crippen LogP contribution is 2.21. The van der Waals surface area contributed by atoms with E-state index in [0.29, 0.717) is 6.04 Å². The molecule has 5 heteroatoms. The molecule has 1 N–H and O–H groups in total. The minimum Gasteiger partial charge on any atom is -0.390 e. The first-order chi connectivity index (χ1) is 8.38. The minimum absolute atomic E-state index is 0.0390. The van der Waals surface area contributed by atoms with Crippen LogP contribution in [0.4, 0.5) is 0 Å². The third-order valence-electron chi connectivity index (χ3n) is 3.80. The van der Waals surface area contributed by atoms with E-state index in [2.05, 4.69) is 14.5 Å². The van der Waals surface area contributed by atoms with Gasteiger partial charge in [0.1, 0.15) is 0 Å². The lowest BCUT2D eigenvalue weighted by atomic mass is 10.2. The first-order valence-corrected chi connectivity index (χ1v) is 6.34. The normalized spacial score (nSPS) is 25.8. The molecule has 0 bridgehead atoms. The van der Waals surface area contributed by atoms with E-state index in [9.17, 15) is 5.11 Å². The van der Waals surface area contributed by atoms with Gasteiger partial charge in [-0.1, -0.05) is 0 Å². The first kappa shape index (κ1) is 11.2. The molecule has 2 aliphatic rings. The summed E-state index contributed by atoms with van der Waals surface area (Å²) in [5.74, 6) is 0. The molecule has 2 aliphatic heterocycles. The fraction of sp³-hybridized carbons (Fsp3) is 0.750. The maximum Gasteiger partial charge on any atom is 0.0953 e. The van der Waals surface area contributed by atoms with Crippen molar-refractivity contribution in [2.75, 3.05) is 19.8 Å². The quantitative estimate of drug-likeness (QED) is 0.807. The van der Waals surface area contributed by atoms with E-state index < -0.39 is 0 Å². The Morgan fingerprint density at radius 3 is 3.18 bits per heavy atom. The molecule has 17 heavy (non-hydrogen) atoms. The van der Waals surface area contributed by atoms with Gasteiger partial charge in [-0.15, -0.1) is 0 Å². The average Bonchev–Trinajstić information content (AvgIpc) is 2.95. The van der Waals surface area contributed by atoms with Crippen molar-refractivity contribution < 1.29 is 9.84 Å². The van der Waals surface area contributed by atoms with Gasteiger partial charge in [0, 0.05) is 32.3 Å². The fourth-order valence-electron chi connectivity index (χ4n) is 2.79. The molecule has 1 saturated heterocycles. The number of fused-ring (bicyclic) bond motifs is 1. The number of hydrogen-bond donors (Lipinski definition) is 1. The molecule has 1 aromatic rings. The molecule has 3 rings (SSSR count). The summed E-state index contributed by atoms with van der Waals surface area (Å²) >= 11 is 0. The second kappa shape index (κ2) is 4.76. The monoisotopic (exact) mass is 237 g/mol. The fourth-order valence-corrected chi connectivity index (χ4v) is 2.79. The predicted molar refractivity (Wildman–Crippen MR) is 62.4 cm³/mol. The molecular weight excluding hydrogens is 218 g/mol. The van der Waals surface area contributed by atoms with Crippen molar-refractivity contribution in [2.24, 2.45) is 0 Å². The van der Waals surface area contributed by atoms with Crippen LogP contribution in [0.25, 0.3) is 0 Å². The molecule has 5 nitrogen and oxygen atoms in total.